The summed E-state index contributed by atoms with van der Waals surface area (Å²) >= 11 is 3.24. The molecule has 30 heavy (non-hydrogen) atoms. The molecule has 0 saturated heterocycles. The van der Waals surface area contributed by atoms with Crippen molar-refractivity contribution in [3.05, 3.63) is 54.9 Å². The van der Waals surface area contributed by atoms with Gasteiger partial charge in [0.1, 0.15) is 12.1 Å². The molecule has 8 heteroatoms. The summed E-state index contributed by atoms with van der Waals surface area (Å²) in [6, 6.07) is 15.7. The van der Waals surface area contributed by atoms with E-state index in [1.165, 1.54) is 37.4 Å². The Labute approximate surface area is 184 Å². The van der Waals surface area contributed by atoms with E-state index in [0.717, 1.165) is 22.0 Å². The summed E-state index contributed by atoms with van der Waals surface area (Å²) in [6.45, 7) is 0. The van der Waals surface area contributed by atoms with E-state index in [1.54, 1.807) is 13.4 Å². The number of nitrogens with zero attached hydrogens (tertiary/aromatic N) is 3. The van der Waals surface area contributed by atoms with E-state index in [4.69, 9.17) is 4.74 Å². The molecule has 6 nitrogen and oxygen atoms in total. The van der Waals surface area contributed by atoms with Gasteiger partial charge in [0, 0.05) is 15.8 Å². The van der Waals surface area contributed by atoms with Crippen molar-refractivity contribution in [2.75, 3.05) is 18.2 Å². The maximum Gasteiger partial charge on any atom is 0.234 e. The monoisotopic (exact) mass is 440 g/mol. The molecular weight excluding hydrogens is 416 g/mol. The maximum atomic E-state index is 12.6. The van der Waals surface area contributed by atoms with Crippen LogP contribution in [0.1, 0.15) is 25.7 Å². The van der Waals surface area contributed by atoms with Gasteiger partial charge in [-0.15, -0.1) is 22.0 Å². The van der Waals surface area contributed by atoms with Crippen LogP contribution in [0.15, 0.2) is 64.9 Å². The molecule has 0 unspecified atom stereocenters. The SMILES string of the molecule is COc1ccc(-n2cnnc2SCC(=O)Nc2ccccc2SC2CCCC2)cc1. The molecule has 0 spiro atoms. The van der Waals surface area contributed by atoms with Crippen LogP contribution in [-0.4, -0.2) is 38.8 Å². The number of amides is 1. The summed E-state index contributed by atoms with van der Waals surface area (Å²) in [5, 5.41) is 12.6. The van der Waals surface area contributed by atoms with E-state index in [0.29, 0.717) is 10.4 Å². The second-order valence-electron chi connectivity index (χ2n) is 7.04. The lowest BCUT2D eigenvalue weighted by atomic mass is 10.3. The van der Waals surface area contributed by atoms with E-state index in [9.17, 15) is 4.79 Å². The van der Waals surface area contributed by atoms with Crippen molar-refractivity contribution >= 4 is 35.1 Å². The van der Waals surface area contributed by atoms with Crippen LogP contribution in [0.4, 0.5) is 5.69 Å². The Bertz CT molecular complexity index is 985. The molecule has 0 bridgehead atoms. The molecule has 156 valence electrons. The molecule has 1 heterocycles. The van der Waals surface area contributed by atoms with Gasteiger partial charge in [-0.2, -0.15) is 0 Å². The quantitative estimate of drug-likeness (QED) is 0.495. The number of para-hydroxylation sites is 1. The van der Waals surface area contributed by atoms with Crippen molar-refractivity contribution in [1.29, 1.82) is 0 Å². The average Bonchev–Trinajstić information content (AvgIpc) is 3.46. The van der Waals surface area contributed by atoms with Crippen LogP contribution in [0.3, 0.4) is 0 Å². The number of methoxy groups -OCH3 is 1. The Hall–Kier alpha value is -2.45. The summed E-state index contributed by atoms with van der Waals surface area (Å²) < 4.78 is 7.07. The Morgan fingerprint density at radius 1 is 1.17 bits per heavy atom. The normalized spacial score (nSPS) is 14.0. The number of benzene rings is 2. The first-order valence-electron chi connectivity index (χ1n) is 9.96. The van der Waals surface area contributed by atoms with Crippen LogP contribution in [0.25, 0.3) is 5.69 Å². The molecule has 1 aliphatic rings. The molecule has 1 fully saturated rings. The van der Waals surface area contributed by atoms with Gasteiger partial charge >= 0.3 is 0 Å². The number of carbonyl (C=O) groups is 1. The van der Waals surface area contributed by atoms with Crippen molar-refractivity contribution in [2.45, 2.75) is 41.0 Å². The third-order valence-electron chi connectivity index (χ3n) is 4.96. The van der Waals surface area contributed by atoms with Gasteiger partial charge in [-0.05, 0) is 49.2 Å². The summed E-state index contributed by atoms with van der Waals surface area (Å²) in [5.41, 5.74) is 1.80. The number of ether oxygens (including phenoxy) is 1. The highest BCUT2D eigenvalue weighted by Crippen LogP contribution is 2.38. The van der Waals surface area contributed by atoms with Crippen LogP contribution in [0.2, 0.25) is 0 Å². The fourth-order valence-electron chi connectivity index (χ4n) is 3.42. The summed E-state index contributed by atoms with van der Waals surface area (Å²) in [4.78, 5) is 13.8. The molecule has 0 radical (unpaired) electrons. The molecule has 2 aromatic carbocycles. The predicted octanol–water partition coefficient (Wildman–Crippen LogP) is 5.04. The minimum absolute atomic E-state index is 0.0521. The Balaban J connectivity index is 1.37. The standard InChI is InChI=1S/C22H24N4O2S2/c1-28-17-12-10-16(11-13-17)26-15-23-25-22(26)29-14-21(27)24-19-8-4-5-9-20(19)30-18-6-2-3-7-18/h4-5,8-13,15,18H,2-3,6-7,14H2,1H3,(H,24,27). The second kappa shape index (κ2) is 10.0. The topological polar surface area (TPSA) is 69.0 Å². The number of thioether (sulfide) groups is 2. The van der Waals surface area contributed by atoms with Gasteiger partial charge in [0.2, 0.25) is 5.91 Å². The number of anilines is 1. The highest BCUT2D eigenvalue weighted by atomic mass is 32.2. The van der Waals surface area contributed by atoms with Gasteiger partial charge < -0.3 is 10.1 Å². The Morgan fingerprint density at radius 3 is 2.70 bits per heavy atom. The third kappa shape index (κ3) is 5.17. The molecule has 1 aromatic heterocycles. The van der Waals surface area contributed by atoms with E-state index in [2.05, 4.69) is 21.6 Å². The van der Waals surface area contributed by atoms with Gasteiger partial charge in [0.05, 0.1) is 18.6 Å². The van der Waals surface area contributed by atoms with Crippen molar-refractivity contribution in [1.82, 2.24) is 14.8 Å². The molecule has 1 saturated carbocycles. The highest BCUT2D eigenvalue weighted by Gasteiger charge is 2.18. The largest absolute Gasteiger partial charge is 0.497 e. The number of aromatic nitrogens is 3. The van der Waals surface area contributed by atoms with Crippen molar-refractivity contribution < 1.29 is 9.53 Å². The maximum absolute atomic E-state index is 12.6. The first-order valence-corrected chi connectivity index (χ1v) is 11.8. The molecule has 3 aromatic rings. The van der Waals surface area contributed by atoms with Crippen LogP contribution in [0.5, 0.6) is 5.75 Å². The number of hydrogen-bond donors (Lipinski definition) is 1. The van der Waals surface area contributed by atoms with Crippen LogP contribution in [-0.2, 0) is 4.79 Å². The zero-order valence-electron chi connectivity index (χ0n) is 16.8. The lowest BCUT2D eigenvalue weighted by Crippen LogP contribution is -2.15. The van der Waals surface area contributed by atoms with E-state index in [1.807, 2.05) is 58.8 Å². The fraction of sp³-hybridized carbons (Fsp3) is 0.318. The van der Waals surface area contributed by atoms with Gasteiger partial charge in [0.25, 0.3) is 0 Å². The Kier molecular flexibility index (Phi) is 6.96. The minimum atomic E-state index is -0.0521. The predicted molar refractivity (Wildman–Crippen MR) is 122 cm³/mol. The van der Waals surface area contributed by atoms with Crippen LogP contribution in [0, 0.1) is 0 Å². The molecule has 1 aliphatic carbocycles. The molecular formula is C22H24N4O2S2. The third-order valence-corrected chi connectivity index (χ3v) is 7.31. The van der Waals surface area contributed by atoms with E-state index < -0.39 is 0 Å². The zero-order chi connectivity index (χ0) is 20.8. The van der Waals surface area contributed by atoms with E-state index in [-0.39, 0.29) is 11.7 Å². The van der Waals surface area contributed by atoms with Crippen molar-refractivity contribution in [3.8, 4) is 11.4 Å². The number of nitrogens with one attached hydrogen (secondary N) is 1. The zero-order valence-corrected chi connectivity index (χ0v) is 18.4. The smallest absolute Gasteiger partial charge is 0.234 e. The Morgan fingerprint density at radius 2 is 1.93 bits per heavy atom. The summed E-state index contributed by atoms with van der Waals surface area (Å²) in [7, 11) is 1.64. The fourth-order valence-corrected chi connectivity index (χ4v) is 5.48. The molecule has 1 amide bonds. The molecule has 1 N–H and O–H groups in total. The first kappa shape index (κ1) is 20.8. The number of carbonyl (C=O) groups excluding carboxylic acids is 1. The van der Waals surface area contributed by atoms with E-state index >= 15 is 0 Å². The average molecular weight is 441 g/mol. The van der Waals surface area contributed by atoms with Gasteiger partial charge in [-0.1, -0.05) is 36.7 Å². The van der Waals surface area contributed by atoms with Crippen LogP contribution < -0.4 is 10.1 Å². The first-order chi connectivity index (χ1) is 14.7. The number of rotatable bonds is 8. The number of hydrogen-bond acceptors (Lipinski definition) is 6. The van der Waals surface area contributed by atoms with Gasteiger partial charge in [-0.3, -0.25) is 9.36 Å². The second-order valence-corrected chi connectivity index (χ2v) is 9.32. The summed E-state index contributed by atoms with van der Waals surface area (Å²) in [6.07, 6.45) is 6.76. The molecule has 0 atom stereocenters. The van der Waals surface area contributed by atoms with Crippen molar-refractivity contribution in [2.24, 2.45) is 0 Å². The highest BCUT2D eigenvalue weighted by molar-refractivity contribution is 8.00. The summed E-state index contributed by atoms with van der Waals surface area (Å²) in [5.74, 6) is 0.996. The van der Waals surface area contributed by atoms with Crippen LogP contribution >= 0.6 is 23.5 Å². The molecule has 4 rings (SSSR count). The van der Waals surface area contributed by atoms with Crippen molar-refractivity contribution in [3.63, 3.8) is 0 Å². The minimum Gasteiger partial charge on any atom is -0.497 e. The lowest BCUT2D eigenvalue weighted by molar-refractivity contribution is -0.113. The van der Waals surface area contributed by atoms with Gasteiger partial charge in [-0.25, -0.2) is 0 Å². The molecule has 0 aliphatic heterocycles. The van der Waals surface area contributed by atoms with Gasteiger partial charge in [0.15, 0.2) is 5.16 Å². The lowest BCUT2D eigenvalue weighted by Gasteiger charge is -2.14.